The van der Waals surface area contributed by atoms with E-state index < -0.39 is 151 Å². The highest BCUT2D eigenvalue weighted by molar-refractivity contribution is 6.30. The summed E-state index contributed by atoms with van der Waals surface area (Å²) in [4.78, 5) is 78.5. The van der Waals surface area contributed by atoms with E-state index in [0.717, 1.165) is 12.1 Å². The first-order valence-electron chi connectivity index (χ1n) is 15.0. The molecule has 0 aromatic heterocycles. The number of epoxide rings is 2. The third-order valence-corrected chi connectivity index (χ3v) is 10.7. The van der Waals surface area contributed by atoms with Gasteiger partial charge in [-0.15, -0.1) is 0 Å². The van der Waals surface area contributed by atoms with E-state index in [2.05, 4.69) is 0 Å². The molecule has 8 rings (SSSR count). The Balaban J connectivity index is 1.25. The Morgan fingerprint density at radius 3 is 1.33 bits per heavy atom. The fourth-order valence-electron chi connectivity index (χ4n) is 8.69. The minimum absolute atomic E-state index is 0.310. The minimum atomic E-state index is -1.95. The van der Waals surface area contributed by atoms with Gasteiger partial charge in [-0.1, -0.05) is 0 Å². The number of rotatable bonds is 5. The van der Waals surface area contributed by atoms with Crippen LogP contribution in [0.2, 0.25) is 0 Å². The summed E-state index contributed by atoms with van der Waals surface area (Å²) < 4.78 is 23.0. The first-order chi connectivity index (χ1) is 22.5. The molecule has 4 saturated heterocycles. The Hall–Kier alpha value is -4.90. The number of hydrogen-bond donors (Lipinski definition) is 6. The van der Waals surface area contributed by atoms with Crippen LogP contribution >= 0.6 is 0 Å². The van der Waals surface area contributed by atoms with Crippen LogP contribution in [0, 0.1) is 0 Å². The average molecular weight is 667 g/mol. The van der Waals surface area contributed by atoms with Crippen molar-refractivity contribution in [2.24, 2.45) is 0 Å². The van der Waals surface area contributed by atoms with E-state index in [1.165, 1.54) is 13.8 Å². The number of carbonyl (C=O) groups excluding carboxylic acids is 4. The van der Waals surface area contributed by atoms with Gasteiger partial charge < -0.3 is 49.6 Å². The third-order valence-electron chi connectivity index (χ3n) is 10.7. The fourth-order valence-corrected chi connectivity index (χ4v) is 8.69. The van der Waals surface area contributed by atoms with Gasteiger partial charge in [-0.3, -0.25) is 28.8 Å². The Labute approximate surface area is 268 Å². The van der Waals surface area contributed by atoms with E-state index in [0.29, 0.717) is 0 Å². The molecule has 48 heavy (non-hydrogen) atoms. The lowest BCUT2D eigenvalue weighted by atomic mass is 9.66. The molecule has 250 valence electrons. The number of aromatic hydroxyl groups is 4. The van der Waals surface area contributed by atoms with Crippen molar-refractivity contribution in [1.29, 1.82) is 0 Å². The summed E-state index contributed by atoms with van der Waals surface area (Å²) in [5.41, 5.74) is -11.2. The highest BCUT2D eigenvalue weighted by atomic mass is 16.7. The van der Waals surface area contributed by atoms with Crippen LogP contribution in [0.3, 0.4) is 0 Å². The minimum Gasteiger partial charge on any atom is -0.507 e. The van der Waals surface area contributed by atoms with Crippen molar-refractivity contribution in [2.45, 2.75) is 86.4 Å². The second-order valence-electron chi connectivity index (χ2n) is 13.1. The van der Waals surface area contributed by atoms with Crippen molar-refractivity contribution in [3.63, 3.8) is 0 Å². The molecule has 0 amide bonds. The zero-order valence-electron chi connectivity index (χ0n) is 25.1. The fraction of sp³-hybridized carbons (Fsp3) is 0.438. The topological polar surface area (TPSA) is 267 Å². The summed E-state index contributed by atoms with van der Waals surface area (Å²) in [6.45, 7) is 2.81. The van der Waals surface area contributed by atoms with Crippen LogP contribution in [0.4, 0.5) is 0 Å². The molecule has 4 fully saturated rings. The van der Waals surface area contributed by atoms with Gasteiger partial charge in [0.2, 0.25) is 23.1 Å². The smallest absolute Gasteiger partial charge is 0.305 e. The van der Waals surface area contributed by atoms with Crippen molar-refractivity contribution in [3.05, 3.63) is 34.4 Å². The molecule has 2 aliphatic carbocycles. The molecular formula is C32H26O16. The number of fused-ring (bicyclic) bond motifs is 2. The lowest BCUT2D eigenvalue weighted by Gasteiger charge is -2.37. The number of benzene rings is 2. The molecule has 4 unspecified atom stereocenters. The Morgan fingerprint density at radius 1 is 0.646 bits per heavy atom. The van der Waals surface area contributed by atoms with Gasteiger partial charge in [0.05, 0.1) is 59.5 Å². The average Bonchev–Trinajstić information content (AvgIpc) is 3.89. The van der Waals surface area contributed by atoms with Crippen LogP contribution < -0.4 is 0 Å². The first-order valence-corrected chi connectivity index (χ1v) is 15.0. The van der Waals surface area contributed by atoms with Crippen LogP contribution in [0.25, 0.3) is 11.1 Å². The van der Waals surface area contributed by atoms with Crippen molar-refractivity contribution in [3.8, 4) is 34.1 Å². The molecule has 6 N–H and O–H groups in total. The standard InChI is InChI=1S/C32H26O16/c1-9-31-27(43)21-19(25(41)29(31,47-31)7-11(45-9)3-17(35)36)15(33)5-13(23(21)39)14-6-16(34)20-22(24(14)40)28(44)32-10(2)46-12(4-18(37)38)8-30(32,48-32)26(20)42/h5-6,9-12,33-34,39-40H,3-4,7-8H2,1-2H3,(H,35,36)(H,37,38)/t9-,10-,11-,12-,29?,30?,31?,32?/m1/s1. The summed E-state index contributed by atoms with van der Waals surface area (Å²) in [5, 5.41) is 63.8. The van der Waals surface area contributed by atoms with Crippen LogP contribution in [-0.4, -0.2) is 113 Å². The van der Waals surface area contributed by atoms with E-state index in [-0.39, 0.29) is 12.8 Å². The molecule has 8 atom stereocenters. The van der Waals surface area contributed by atoms with Gasteiger partial charge in [-0.05, 0) is 26.0 Å². The molecule has 2 aromatic rings. The molecule has 0 spiro atoms. The van der Waals surface area contributed by atoms with Gasteiger partial charge in [-0.25, -0.2) is 0 Å². The molecule has 6 aliphatic rings. The molecular weight excluding hydrogens is 640 g/mol. The number of ether oxygens (including phenoxy) is 4. The lowest BCUT2D eigenvalue weighted by molar-refractivity contribution is -0.144. The van der Waals surface area contributed by atoms with E-state index in [4.69, 9.17) is 18.9 Å². The number of Topliss-reactive ketones (excluding diaryl/α,β-unsaturated/α-hetero) is 4. The summed E-state index contributed by atoms with van der Waals surface area (Å²) in [7, 11) is 0. The highest BCUT2D eigenvalue weighted by Crippen LogP contribution is 2.67. The number of hydrogen-bond acceptors (Lipinski definition) is 14. The van der Waals surface area contributed by atoms with Crippen LogP contribution in [0.1, 0.15) is 81.0 Å². The predicted octanol–water partition coefficient (Wildman–Crippen LogP) is 1.25. The van der Waals surface area contributed by atoms with Crippen molar-refractivity contribution in [2.75, 3.05) is 0 Å². The summed E-state index contributed by atoms with van der Waals surface area (Å²) in [5.74, 6) is -9.64. The maximum atomic E-state index is 14.0. The van der Waals surface area contributed by atoms with Crippen molar-refractivity contribution < 1.29 is 78.4 Å². The monoisotopic (exact) mass is 666 g/mol. The maximum absolute atomic E-state index is 14.0. The maximum Gasteiger partial charge on any atom is 0.305 e. The molecule has 2 aromatic carbocycles. The third kappa shape index (κ3) is 3.23. The molecule has 0 saturated carbocycles. The van der Waals surface area contributed by atoms with E-state index in [1.807, 2.05) is 0 Å². The summed E-state index contributed by atoms with van der Waals surface area (Å²) in [6, 6.07) is 1.66. The molecule has 16 nitrogen and oxygen atoms in total. The number of carboxylic acid groups (broad SMARTS) is 2. The highest BCUT2D eigenvalue weighted by Gasteiger charge is 2.87. The van der Waals surface area contributed by atoms with E-state index >= 15 is 0 Å². The second-order valence-corrected chi connectivity index (χ2v) is 13.1. The number of phenols is 4. The molecule has 16 heteroatoms. The van der Waals surface area contributed by atoms with Crippen molar-refractivity contribution in [1.82, 2.24) is 0 Å². The van der Waals surface area contributed by atoms with Crippen LogP contribution in [0.15, 0.2) is 12.1 Å². The number of phenolic OH excluding ortho intramolecular Hbond substituents is 4. The quantitative estimate of drug-likeness (QED) is 0.194. The van der Waals surface area contributed by atoms with E-state index in [9.17, 15) is 59.4 Å². The Kier molecular flexibility index (Phi) is 5.68. The van der Waals surface area contributed by atoms with Crippen LogP contribution in [0.5, 0.6) is 23.0 Å². The van der Waals surface area contributed by atoms with Gasteiger partial charge in [0.15, 0.2) is 22.4 Å². The molecule has 4 aliphatic heterocycles. The van der Waals surface area contributed by atoms with Gasteiger partial charge in [-0.2, -0.15) is 0 Å². The summed E-state index contributed by atoms with van der Waals surface area (Å²) in [6.07, 6.45) is -5.88. The molecule has 0 radical (unpaired) electrons. The zero-order chi connectivity index (χ0) is 34.6. The Bertz CT molecular complexity index is 1860. The normalized spacial score (nSPS) is 37.0. The summed E-state index contributed by atoms with van der Waals surface area (Å²) >= 11 is 0. The number of aliphatic carboxylic acids is 2. The van der Waals surface area contributed by atoms with E-state index in [1.54, 1.807) is 0 Å². The van der Waals surface area contributed by atoms with Gasteiger partial charge >= 0.3 is 11.9 Å². The largest absolute Gasteiger partial charge is 0.507 e. The second kappa shape index (κ2) is 8.96. The first kappa shape index (κ1) is 30.4. The molecule has 4 heterocycles. The van der Waals surface area contributed by atoms with Gasteiger partial charge in [0, 0.05) is 24.0 Å². The number of ketones is 4. The van der Waals surface area contributed by atoms with Gasteiger partial charge in [0.1, 0.15) is 23.0 Å². The molecule has 0 bridgehead atoms. The number of carboxylic acids is 2. The number of carbonyl (C=O) groups is 6. The predicted molar refractivity (Wildman–Crippen MR) is 151 cm³/mol. The van der Waals surface area contributed by atoms with Crippen molar-refractivity contribution >= 4 is 35.1 Å². The lowest BCUT2D eigenvalue weighted by Crippen LogP contribution is -2.57. The zero-order valence-corrected chi connectivity index (χ0v) is 25.1. The van der Waals surface area contributed by atoms with Crippen LogP contribution in [-0.2, 0) is 28.5 Å². The van der Waals surface area contributed by atoms with Gasteiger partial charge in [0.25, 0.3) is 0 Å². The Morgan fingerprint density at radius 2 is 1.00 bits per heavy atom. The SMILES string of the molecule is C[C@H]1O[C@H](CC(=O)O)CC23OC12C(=O)c1c(O)c(-c2cc(O)c4c(c2O)C(=O)C25OC2(C[C@@H](CC(=O)O)O[C@@H]5C)C4=O)cc(O)c1C3=O.